The third-order valence-electron chi connectivity index (χ3n) is 3.50. The molecule has 0 saturated carbocycles. The third kappa shape index (κ3) is 4.32. The molecule has 1 aromatic rings. The van der Waals surface area contributed by atoms with Crippen molar-refractivity contribution in [1.29, 1.82) is 0 Å². The zero-order chi connectivity index (χ0) is 15.5. The Hall–Kier alpha value is -0.820. The van der Waals surface area contributed by atoms with E-state index >= 15 is 0 Å². The largest absolute Gasteiger partial charge is 0.483 e. The van der Waals surface area contributed by atoms with Crippen LogP contribution >= 0.6 is 27.5 Å². The molecule has 1 amide bonds. The maximum atomic E-state index is 11.8. The molecule has 7 heteroatoms. The molecule has 2 unspecified atom stereocenters. The van der Waals surface area contributed by atoms with Crippen LogP contribution in [0.2, 0.25) is 5.02 Å². The normalized spacial score (nSPS) is 24.9. The lowest BCUT2D eigenvalue weighted by molar-refractivity contribution is -0.124. The fourth-order valence-corrected chi connectivity index (χ4v) is 2.84. The lowest BCUT2D eigenvalue weighted by Crippen LogP contribution is -2.48. The molecule has 0 radical (unpaired) electrons. The first-order valence-electron chi connectivity index (χ1n) is 6.59. The number of aliphatic hydroxyl groups is 1. The Balaban J connectivity index is 1.80. The van der Waals surface area contributed by atoms with Gasteiger partial charge in [-0.05, 0) is 41.1 Å². The number of carbonyl (C=O) groups excluding carboxylic acids is 1. The minimum absolute atomic E-state index is 0.133. The highest BCUT2D eigenvalue weighted by molar-refractivity contribution is 9.10. The van der Waals surface area contributed by atoms with E-state index in [1.165, 1.54) is 0 Å². The lowest BCUT2D eigenvalue weighted by atomic mass is 9.97. The molecule has 116 valence electrons. The van der Waals surface area contributed by atoms with E-state index in [0.29, 0.717) is 28.3 Å². The van der Waals surface area contributed by atoms with Crippen LogP contribution in [-0.4, -0.2) is 42.5 Å². The standard InChI is InChI=1S/C14H17BrClNO4/c1-9-14(19,4-5-20-9)8-17-13(18)7-21-12-3-2-10(16)6-11(12)15/h2-3,6,9,19H,4-5,7-8H2,1H3,(H,17,18). The smallest absolute Gasteiger partial charge is 0.258 e. The quantitative estimate of drug-likeness (QED) is 0.824. The van der Waals surface area contributed by atoms with Gasteiger partial charge in [0, 0.05) is 24.6 Å². The fraction of sp³-hybridized carbons (Fsp3) is 0.500. The predicted molar refractivity (Wildman–Crippen MR) is 82.6 cm³/mol. The van der Waals surface area contributed by atoms with Gasteiger partial charge in [-0.1, -0.05) is 11.6 Å². The molecule has 0 aliphatic carbocycles. The Kier molecular flexibility index (Phi) is 5.48. The zero-order valence-corrected chi connectivity index (χ0v) is 13.9. The van der Waals surface area contributed by atoms with E-state index in [4.69, 9.17) is 21.1 Å². The van der Waals surface area contributed by atoms with E-state index < -0.39 is 5.60 Å². The first kappa shape index (κ1) is 16.5. The van der Waals surface area contributed by atoms with Crippen molar-refractivity contribution in [3.05, 3.63) is 27.7 Å². The molecule has 2 N–H and O–H groups in total. The van der Waals surface area contributed by atoms with Crippen LogP contribution in [0.25, 0.3) is 0 Å². The molecule has 2 rings (SSSR count). The fourth-order valence-electron chi connectivity index (χ4n) is 2.04. The van der Waals surface area contributed by atoms with Crippen molar-refractivity contribution in [2.75, 3.05) is 19.8 Å². The Bertz CT molecular complexity index is 528. The van der Waals surface area contributed by atoms with Gasteiger partial charge < -0.3 is 19.9 Å². The van der Waals surface area contributed by atoms with Gasteiger partial charge in [-0.25, -0.2) is 0 Å². The number of amides is 1. The van der Waals surface area contributed by atoms with Crippen LogP contribution in [-0.2, 0) is 9.53 Å². The first-order valence-corrected chi connectivity index (χ1v) is 7.76. The van der Waals surface area contributed by atoms with Gasteiger partial charge >= 0.3 is 0 Å². The summed E-state index contributed by atoms with van der Waals surface area (Å²) < 4.78 is 11.4. The Morgan fingerprint density at radius 2 is 2.43 bits per heavy atom. The number of hydrogen-bond acceptors (Lipinski definition) is 4. The number of hydrogen-bond donors (Lipinski definition) is 2. The van der Waals surface area contributed by atoms with Gasteiger partial charge in [-0.3, -0.25) is 4.79 Å². The Morgan fingerprint density at radius 1 is 1.67 bits per heavy atom. The van der Waals surface area contributed by atoms with Crippen molar-refractivity contribution in [3.63, 3.8) is 0 Å². The molecule has 0 aromatic heterocycles. The minimum atomic E-state index is -1.00. The van der Waals surface area contributed by atoms with Gasteiger partial charge in [-0.2, -0.15) is 0 Å². The molecule has 1 aliphatic rings. The van der Waals surface area contributed by atoms with Crippen LogP contribution in [0.3, 0.4) is 0 Å². The number of carbonyl (C=O) groups is 1. The monoisotopic (exact) mass is 377 g/mol. The number of rotatable bonds is 5. The van der Waals surface area contributed by atoms with Crippen LogP contribution in [0.1, 0.15) is 13.3 Å². The molecular formula is C14H17BrClNO4. The van der Waals surface area contributed by atoms with E-state index in [1.54, 1.807) is 25.1 Å². The summed E-state index contributed by atoms with van der Waals surface area (Å²) >= 11 is 9.14. The summed E-state index contributed by atoms with van der Waals surface area (Å²) in [5.74, 6) is 0.232. The molecule has 1 heterocycles. The van der Waals surface area contributed by atoms with E-state index in [9.17, 15) is 9.90 Å². The summed E-state index contributed by atoms with van der Waals surface area (Å²) in [7, 11) is 0. The van der Waals surface area contributed by atoms with Crippen molar-refractivity contribution in [3.8, 4) is 5.75 Å². The molecule has 0 spiro atoms. The predicted octanol–water partition coefficient (Wildman–Crippen LogP) is 2.14. The van der Waals surface area contributed by atoms with Gasteiger partial charge in [0.05, 0.1) is 10.6 Å². The highest BCUT2D eigenvalue weighted by atomic mass is 79.9. The minimum Gasteiger partial charge on any atom is -0.483 e. The van der Waals surface area contributed by atoms with Crippen LogP contribution < -0.4 is 10.1 Å². The number of ether oxygens (including phenoxy) is 2. The molecule has 2 atom stereocenters. The number of halogens is 2. The van der Waals surface area contributed by atoms with E-state index in [0.717, 1.165) is 0 Å². The molecule has 1 saturated heterocycles. The third-order valence-corrected chi connectivity index (χ3v) is 4.36. The summed E-state index contributed by atoms with van der Waals surface area (Å²) in [4.78, 5) is 11.8. The van der Waals surface area contributed by atoms with Gasteiger partial charge in [-0.15, -0.1) is 0 Å². The topological polar surface area (TPSA) is 67.8 Å². The molecule has 5 nitrogen and oxygen atoms in total. The molecule has 1 fully saturated rings. The van der Waals surface area contributed by atoms with E-state index in [2.05, 4.69) is 21.2 Å². The van der Waals surface area contributed by atoms with Gasteiger partial charge in [0.2, 0.25) is 0 Å². The average molecular weight is 379 g/mol. The molecule has 1 aliphatic heterocycles. The van der Waals surface area contributed by atoms with Crippen LogP contribution in [0.5, 0.6) is 5.75 Å². The number of benzene rings is 1. The van der Waals surface area contributed by atoms with Gasteiger partial charge in [0.1, 0.15) is 11.4 Å². The van der Waals surface area contributed by atoms with Crippen LogP contribution in [0.15, 0.2) is 22.7 Å². The average Bonchev–Trinajstić information content (AvgIpc) is 2.76. The molecular weight excluding hydrogens is 362 g/mol. The van der Waals surface area contributed by atoms with Crippen molar-refractivity contribution in [1.82, 2.24) is 5.32 Å². The Labute approximate surface area is 136 Å². The molecule has 21 heavy (non-hydrogen) atoms. The summed E-state index contributed by atoms with van der Waals surface area (Å²) in [5.41, 5.74) is -1.00. The van der Waals surface area contributed by atoms with Crippen LogP contribution in [0.4, 0.5) is 0 Å². The lowest BCUT2D eigenvalue weighted by Gasteiger charge is -2.26. The first-order chi connectivity index (χ1) is 9.90. The van der Waals surface area contributed by atoms with E-state index in [1.807, 2.05) is 0 Å². The second-order valence-electron chi connectivity index (χ2n) is 5.01. The van der Waals surface area contributed by atoms with Crippen molar-refractivity contribution in [2.45, 2.75) is 25.0 Å². The second-order valence-corrected chi connectivity index (χ2v) is 6.30. The summed E-state index contributed by atoms with van der Waals surface area (Å²) in [5, 5.41) is 13.5. The van der Waals surface area contributed by atoms with Gasteiger partial charge in [0.25, 0.3) is 5.91 Å². The van der Waals surface area contributed by atoms with Crippen LogP contribution in [0, 0.1) is 0 Å². The van der Waals surface area contributed by atoms with Gasteiger partial charge in [0.15, 0.2) is 6.61 Å². The summed E-state index contributed by atoms with van der Waals surface area (Å²) in [6, 6.07) is 5.05. The highest BCUT2D eigenvalue weighted by Gasteiger charge is 2.39. The SMILES string of the molecule is CC1OCCC1(O)CNC(=O)COc1ccc(Cl)cc1Br. The maximum absolute atomic E-state index is 11.8. The summed E-state index contributed by atoms with van der Waals surface area (Å²) in [6.07, 6.45) is 0.224. The highest BCUT2D eigenvalue weighted by Crippen LogP contribution is 2.28. The van der Waals surface area contributed by atoms with Crippen molar-refractivity contribution < 1.29 is 19.4 Å². The van der Waals surface area contributed by atoms with Crippen molar-refractivity contribution in [2.24, 2.45) is 0 Å². The number of nitrogens with one attached hydrogen (secondary N) is 1. The molecule has 1 aromatic carbocycles. The Morgan fingerprint density at radius 3 is 3.05 bits per heavy atom. The maximum Gasteiger partial charge on any atom is 0.258 e. The zero-order valence-electron chi connectivity index (χ0n) is 11.6. The molecule has 0 bridgehead atoms. The van der Waals surface area contributed by atoms with Crippen molar-refractivity contribution >= 4 is 33.4 Å². The summed E-state index contributed by atoms with van der Waals surface area (Å²) in [6.45, 7) is 2.31. The second kappa shape index (κ2) is 6.96. The van der Waals surface area contributed by atoms with E-state index in [-0.39, 0.29) is 25.2 Å².